The Bertz CT molecular complexity index is 270. The van der Waals surface area contributed by atoms with Gasteiger partial charge < -0.3 is 5.73 Å². The van der Waals surface area contributed by atoms with Gasteiger partial charge in [-0.1, -0.05) is 6.92 Å². The van der Waals surface area contributed by atoms with Crippen molar-refractivity contribution in [3.05, 3.63) is 11.9 Å². The molecule has 3 nitrogen and oxygen atoms in total. The lowest BCUT2D eigenvalue weighted by molar-refractivity contribution is 0.537. The summed E-state index contributed by atoms with van der Waals surface area (Å²) in [5.74, 6) is 1.72. The number of nitrogens with two attached hydrogens (primary N) is 1. The molecule has 2 rings (SSSR count). The molecule has 2 N–H and O–H groups in total. The maximum absolute atomic E-state index is 5.69. The molecule has 2 unspecified atom stereocenters. The van der Waals surface area contributed by atoms with Crippen molar-refractivity contribution < 1.29 is 0 Å². The minimum atomic E-state index is 0.809. The molecular weight excluding hydrogens is 150 g/mol. The van der Waals surface area contributed by atoms with Crippen LogP contribution in [0.1, 0.15) is 19.0 Å². The average molecular weight is 165 g/mol. The molecule has 0 spiro atoms. The second kappa shape index (κ2) is 2.51. The lowest BCUT2D eigenvalue weighted by Crippen LogP contribution is -2.01. The second-order valence-electron chi connectivity index (χ2n) is 3.86. The van der Waals surface area contributed by atoms with E-state index in [1.807, 2.05) is 17.8 Å². The summed E-state index contributed by atoms with van der Waals surface area (Å²) in [5, 5.41) is 4.32. The van der Waals surface area contributed by atoms with E-state index in [1.54, 1.807) is 0 Å². The quantitative estimate of drug-likeness (QED) is 0.720. The van der Waals surface area contributed by atoms with Crippen LogP contribution in [0.2, 0.25) is 0 Å². The fraction of sp³-hybridized carbons (Fsp3) is 0.667. The van der Waals surface area contributed by atoms with Crippen LogP contribution in [0.25, 0.3) is 0 Å². The number of hydrogen-bond donors (Lipinski definition) is 1. The highest BCUT2D eigenvalue weighted by Gasteiger charge is 2.32. The predicted octanol–water partition coefficient (Wildman–Crippen LogP) is 1.43. The third-order valence-electron chi connectivity index (χ3n) is 2.68. The number of aryl methyl sites for hydroxylation is 1. The summed E-state index contributed by atoms with van der Waals surface area (Å²) in [5.41, 5.74) is 7.44. The third-order valence-corrected chi connectivity index (χ3v) is 2.68. The number of rotatable bonds is 2. The van der Waals surface area contributed by atoms with Crippen molar-refractivity contribution in [2.24, 2.45) is 11.8 Å². The van der Waals surface area contributed by atoms with Gasteiger partial charge in [0.15, 0.2) is 0 Å². The molecule has 0 aliphatic heterocycles. The Morgan fingerprint density at radius 1 is 1.75 bits per heavy atom. The summed E-state index contributed by atoms with van der Waals surface area (Å²) in [4.78, 5) is 0. The summed E-state index contributed by atoms with van der Waals surface area (Å²) in [6, 6.07) is 0. The zero-order chi connectivity index (χ0) is 8.72. The number of anilines is 1. The van der Waals surface area contributed by atoms with Crippen LogP contribution in [-0.2, 0) is 6.54 Å². The highest BCUT2D eigenvalue weighted by molar-refractivity contribution is 5.39. The number of aromatic nitrogens is 2. The summed E-state index contributed by atoms with van der Waals surface area (Å²) >= 11 is 0. The van der Waals surface area contributed by atoms with Crippen molar-refractivity contribution in [3.8, 4) is 0 Å². The van der Waals surface area contributed by atoms with Gasteiger partial charge in [-0.3, -0.25) is 4.68 Å². The molecular formula is C9H15N3. The Hall–Kier alpha value is -0.990. The van der Waals surface area contributed by atoms with E-state index in [-0.39, 0.29) is 0 Å². The van der Waals surface area contributed by atoms with Gasteiger partial charge in [0.25, 0.3) is 0 Å². The minimum Gasteiger partial charge on any atom is -0.396 e. The molecule has 0 radical (unpaired) electrons. The summed E-state index contributed by atoms with van der Waals surface area (Å²) in [6.07, 6.45) is 3.28. The molecule has 1 aliphatic rings. The Morgan fingerprint density at radius 3 is 2.83 bits per heavy atom. The van der Waals surface area contributed by atoms with E-state index < -0.39 is 0 Å². The van der Waals surface area contributed by atoms with Crippen molar-refractivity contribution in [2.75, 3.05) is 5.73 Å². The summed E-state index contributed by atoms with van der Waals surface area (Å²) in [7, 11) is 0. The zero-order valence-corrected chi connectivity index (χ0v) is 7.62. The Balaban J connectivity index is 2.04. The SMILES string of the molecule is Cc1nn(CC2CC2C)cc1N. The smallest absolute Gasteiger partial charge is 0.0822 e. The molecule has 1 fully saturated rings. The Labute approximate surface area is 72.6 Å². The highest BCUT2D eigenvalue weighted by atomic mass is 15.3. The minimum absolute atomic E-state index is 0.809. The normalized spacial score (nSPS) is 27.5. The molecule has 1 aromatic rings. The first-order chi connectivity index (χ1) is 5.66. The number of hydrogen-bond acceptors (Lipinski definition) is 2. The predicted molar refractivity (Wildman–Crippen MR) is 48.6 cm³/mol. The van der Waals surface area contributed by atoms with E-state index in [4.69, 9.17) is 5.73 Å². The van der Waals surface area contributed by atoms with Crippen molar-refractivity contribution in [2.45, 2.75) is 26.8 Å². The first-order valence-electron chi connectivity index (χ1n) is 4.46. The molecule has 0 aromatic carbocycles. The molecule has 1 aromatic heterocycles. The van der Waals surface area contributed by atoms with Gasteiger partial charge in [0.05, 0.1) is 11.4 Å². The first kappa shape index (κ1) is 7.65. The first-order valence-corrected chi connectivity index (χ1v) is 4.46. The van der Waals surface area contributed by atoms with Crippen LogP contribution < -0.4 is 5.73 Å². The van der Waals surface area contributed by atoms with Gasteiger partial charge in [-0.25, -0.2) is 0 Å². The van der Waals surface area contributed by atoms with Crippen LogP contribution in [0.15, 0.2) is 6.20 Å². The van der Waals surface area contributed by atoms with E-state index in [2.05, 4.69) is 12.0 Å². The zero-order valence-electron chi connectivity index (χ0n) is 7.62. The molecule has 0 saturated heterocycles. The topological polar surface area (TPSA) is 43.8 Å². The van der Waals surface area contributed by atoms with Gasteiger partial charge in [0, 0.05) is 12.7 Å². The fourth-order valence-electron chi connectivity index (χ4n) is 1.52. The van der Waals surface area contributed by atoms with Crippen LogP contribution >= 0.6 is 0 Å². The van der Waals surface area contributed by atoms with Gasteiger partial charge >= 0.3 is 0 Å². The molecule has 1 heterocycles. The van der Waals surface area contributed by atoms with Crippen molar-refractivity contribution in [1.82, 2.24) is 9.78 Å². The van der Waals surface area contributed by atoms with E-state index >= 15 is 0 Å². The molecule has 66 valence electrons. The lowest BCUT2D eigenvalue weighted by atomic mass is 10.3. The molecule has 1 saturated carbocycles. The lowest BCUT2D eigenvalue weighted by Gasteiger charge is -1.97. The largest absolute Gasteiger partial charge is 0.396 e. The van der Waals surface area contributed by atoms with Crippen molar-refractivity contribution in [1.29, 1.82) is 0 Å². The maximum atomic E-state index is 5.69. The van der Waals surface area contributed by atoms with Gasteiger partial charge in [-0.05, 0) is 25.2 Å². The molecule has 2 atom stereocenters. The highest BCUT2D eigenvalue weighted by Crippen LogP contribution is 2.38. The third kappa shape index (κ3) is 1.31. The molecule has 1 aliphatic carbocycles. The van der Waals surface area contributed by atoms with Gasteiger partial charge in [0.1, 0.15) is 0 Å². The van der Waals surface area contributed by atoms with E-state index in [0.29, 0.717) is 0 Å². The van der Waals surface area contributed by atoms with E-state index in [1.165, 1.54) is 6.42 Å². The van der Waals surface area contributed by atoms with Crippen LogP contribution in [0.5, 0.6) is 0 Å². The summed E-state index contributed by atoms with van der Waals surface area (Å²) in [6.45, 7) is 5.27. The monoisotopic (exact) mass is 165 g/mol. The van der Waals surface area contributed by atoms with E-state index in [9.17, 15) is 0 Å². The van der Waals surface area contributed by atoms with Crippen molar-refractivity contribution >= 4 is 5.69 Å². The second-order valence-corrected chi connectivity index (χ2v) is 3.86. The van der Waals surface area contributed by atoms with Crippen LogP contribution in [0, 0.1) is 18.8 Å². The van der Waals surface area contributed by atoms with Crippen LogP contribution in [0.4, 0.5) is 5.69 Å². The standard InChI is InChI=1S/C9H15N3/c1-6-3-8(6)4-12-5-9(10)7(2)11-12/h5-6,8H,3-4,10H2,1-2H3. The van der Waals surface area contributed by atoms with Gasteiger partial charge in [0.2, 0.25) is 0 Å². The Kier molecular flexibility index (Phi) is 1.60. The van der Waals surface area contributed by atoms with E-state index in [0.717, 1.165) is 29.8 Å². The van der Waals surface area contributed by atoms with Gasteiger partial charge in [-0.15, -0.1) is 0 Å². The molecule has 0 amide bonds. The van der Waals surface area contributed by atoms with Crippen LogP contribution in [-0.4, -0.2) is 9.78 Å². The molecule has 0 bridgehead atoms. The Morgan fingerprint density at radius 2 is 2.42 bits per heavy atom. The van der Waals surface area contributed by atoms with Crippen molar-refractivity contribution in [3.63, 3.8) is 0 Å². The number of nitrogen functional groups attached to an aromatic ring is 1. The molecule has 3 heteroatoms. The molecule has 12 heavy (non-hydrogen) atoms. The summed E-state index contributed by atoms with van der Waals surface area (Å²) < 4.78 is 1.97. The number of nitrogens with zero attached hydrogens (tertiary/aromatic N) is 2. The maximum Gasteiger partial charge on any atom is 0.0822 e. The van der Waals surface area contributed by atoms with Gasteiger partial charge in [-0.2, -0.15) is 5.10 Å². The fourth-order valence-corrected chi connectivity index (χ4v) is 1.52. The van der Waals surface area contributed by atoms with Crippen LogP contribution in [0.3, 0.4) is 0 Å². The average Bonchev–Trinajstić information content (AvgIpc) is 2.56.